The second-order valence-corrected chi connectivity index (χ2v) is 5.74. The number of nitrogens with zero attached hydrogens (tertiary/aromatic N) is 2. The van der Waals surface area contributed by atoms with Crippen LogP contribution in [0.15, 0.2) is 35.1 Å². The van der Waals surface area contributed by atoms with Gasteiger partial charge < -0.3 is 9.05 Å². The Morgan fingerprint density at radius 2 is 1.80 bits per heavy atom. The van der Waals surface area contributed by atoms with Gasteiger partial charge in [-0.1, -0.05) is 18.2 Å². The van der Waals surface area contributed by atoms with E-state index in [0.717, 1.165) is 0 Å². The molecule has 0 radical (unpaired) electrons. The highest BCUT2D eigenvalue weighted by atomic mass is 31.2. The van der Waals surface area contributed by atoms with Crippen molar-refractivity contribution in [2.24, 2.45) is 0 Å². The Hall–Kier alpha value is -1.69. The number of benzene rings is 1. The molecule has 0 saturated heterocycles. The van der Waals surface area contributed by atoms with Gasteiger partial charge in [-0.25, -0.2) is 14.6 Å². The number of rotatable bonds is 6. The number of nitrogens with one attached hydrogen (secondary N) is 1. The van der Waals surface area contributed by atoms with Crippen LogP contribution in [0.3, 0.4) is 0 Å². The van der Waals surface area contributed by atoms with Crippen LogP contribution >= 0.6 is 7.60 Å². The van der Waals surface area contributed by atoms with Crippen molar-refractivity contribution < 1.29 is 13.6 Å². The Bertz CT molecular complexity index is 655. The van der Waals surface area contributed by atoms with Crippen molar-refractivity contribution in [1.29, 1.82) is 0 Å². The normalized spacial score (nSPS) is 11.7. The molecule has 0 aliphatic heterocycles. The molecule has 108 valence electrons. The molecule has 1 heterocycles. The maximum absolute atomic E-state index is 12.7. The Labute approximate surface area is 116 Å². The van der Waals surface area contributed by atoms with Crippen LogP contribution in [0.2, 0.25) is 0 Å². The number of H-pyrrole nitrogens is 1. The summed E-state index contributed by atoms with van der Waals surface area (Å²) in [4.78, 5) is 15.3. The lowest BCUT2D eigenvalue weighted by atomic mass is 10.3. The SMILES string of the molecule is CCOP(=O)(OCC)c1nc(=O)[nH]n1-c1ccccc1. The fourth-order valence-corrected chi connectivity index (χ4v) is 3.35. The minimum absolute atomic E-state index is 0.0441. The first-order valence-electron chi connectivity index (χ1n) is 6.25. The second kappa shape index (κ2) is 6.17. The predicted molar refractivity (Wildman–Crippen MR) is 74.7 cm³/mol. The Morgan fingerprint density at radius 3 is 2.35 bits per heavy atom. The van der Waals surface area contributed by atoms with Crippen LogP contribution in [0, 0.1) is 0 Å². The number of para-hydroxylation sites is 1. The van der Waals surface area contributed by atoms with Gasteiger partial charge in [-0.2, -0.15) is 4.98 Å². The molecule has 0 saturated carbocycles. The summed E-state index contributed by atoms with van der Waals surface area (Å²) in [5.41, 5.74) is -0.0300. The zero-order chi connectivity index (χ0) is 14.6. The van der Waals surface area contributed by atoms with Crippen molar-refractivity contribution in [2.75, 3.05) is 13.2 Å². The lowest BCUT2D eigenvalue weighted by molar-refractivity contribution is 0.228. The molecular weight excluding hydrogens is 281 g/mol. The topological polar surface area (TPSA) is 86.2 Å². The molecule has 1 aromatic carbocycles. The maximum atomic E-state index is 12.7. The summed E-state index contributed by atoms with van der Waals surface area (Å²) >= 11 is 0. The van der Waals surface area contributed by atoms with Crippen LogP contribution in [-0.4, -0.2) is 28.0 Å². The van der Waals surface area contributed by atoms with Crippen LogP contribution in [0.1, 0.15) is 13.8 Å². The first-order chi connectivity index (χ1) is 9.60. The summed E-state index contributed by atoms with van der Waals surface area (Å²) in [5, 5.41) is 2.50. The summed E-state index contributed by atoms with van der Waals surface area (Å²) < 4.78 is 24.5. The molecule has 0 unspecified atom stereocenters. The highest BCUT2D eigenvalue weighted by molar-refractivity contribution is 7.61. The lowest BCUT2D eigenvalue weighted by Crippen LogP contribution is -2.22. The van der Waals surface area contributed by atoms with Crippen LogP contribution in [0.4, 0.5) is 0 Å². The van der Waals surface area contributed by atoms with Gasteiger partial charge in [0, 0.05) is 0 Å². The van der Waals surface area contributed by atoms with Gasteiger partial charge in [0.2, 0.25) is 5.57 Å². The highest BCUT2D eigenvalue weighted by Crippen LogP contribution is 2.46. The van der Waals surface area contributed by atoms with E-state index < -0.39 is 13.3 Å². The second-order valence-electron chi connectivity index (χ2n) is 3.83. The largest absolute Gasteiger partial charge is 0.398 e. The lowest BCUT2D eigenvalue weighted by Gasteiger charge is -2.16. The number of hydrogen-bond donors (Lipinski definition) is 1. The molecule has 7 nitrogen and oxygen atoms in total. The third kappa shape index (κ3) is 2.90. The van der Waals surface area contributed by atoms with Crippen molar-refractivity contribution in [3.63, 3.8) is 0 Å². The van der Waals surface area contributed by atoms with E-state index in [-0.39, 0.29) is 18.8 Å². The van der Waals surface area contributed by atoms with Crippen LogP contribution < -0.4 is 11.3 Å². The Kier molecular flexibility index (Phi) is 4.54. The van der Waals surface area contributed by atoms with Gasteiger partial charge in [0.15, 0.2) is 0 Å². The standard InChI is InChI=1S/C12H16N3O4P/c1-3-18-20(17,19-4-2)12-13-11(16)14-15(12)10-8-6-5-7-9-10/h5-9H,3-4H2,1-2H3,(H,14,16). The van der Waals surface area contributed by atoms with Crippen LogP contribution in [0.25, 0.3) is 5.69 Å². The summed E-state index contributed by atoms with van der Waals surface area (Å²) in [5.74, 6) is 0. The van der Waals surface area contributed by atoms with Gasteiger partial charge in [0.1, 0.15) is 0 Å². The third-order valence-corrected chi connectivity index (χ3v) is 4.45. The maximum Gasteiger partial charge on any atom is 0.398 e. The highest BCUT2D eigenvalue weighted by Gasteiger charge is 2.34. The van der Waals surface area contributed by atoms with E-state index >= 15 is 0 Å². The van der Waals surface area contributed by atoms with Crippen LogP contribution in [-0.2, 0) is 13.6 Å². The smallest absolute Gasteiger partial charge is 0.303 e. The van der Waals surface area contributed by atoms with Crippen molar-refractivity contribution in [3.05, 3.63) is 40.8 Å². The average Bonchev–Trinajstić information content (AvgIpc) is 2.83. The minimum atomic E-state index is -3.63. The zero-order valence-electron chi connectivity index (χ0n) is 11.3. The summed E-state index contributed by atoms with van der Waals surface area (Å²) in [7, 11) is -3.63. The molecule has 1 aromatic heterocycles. The fraction of sp³-hybridized carbons (Fsp3) is 0.333. The fourth-order valence-electron chi connectivity index (χ4n) is 1.74. The van der Waals surface area contributed by atoms with Crippen molar-refractivity contribution in [1.82, 2.24) is 14.8 Å². The third-order valence-electron chi connectivity index (χ3n) is 2.47. The van der Waals surface area contributed by atoms with Crippen molar-refractivity contribution in [3.8, 4) is 5.69 Å². The number of aromatic nitrogens is 3. The molecule has 0 amide bonds. The molecule has 2 aromatic rings. The number of aromatic amines is 1. The van der Waals surface area contributed by atoms with E-state index in [1.807, 2.05) is 6.07 Å². The summed E-state index contributed by atoms with van der Waals surface area (Å²) in [6, 6.07) is 8.93. The zero-order valence-corrected chi connectivity index (χ0v) is 12.2. The quantitative estimate of drug-likeness (QED) is 0.816. The number of hydrogen-bond acceptors (Lipinski definition) is 5. The molecule has 0 bridgehead atoms. The van der Waals surface area contributed by atoms with Gasteiger partial charge in [-0.15, -0.1) is 0 Å². The molecule has 8 heteroatoms. The Balaban J connectivity index is 2.57. The van der Waals surface area contributed by atoms with E-state index in [0.29, 0.717) is 5.69 Å². The van der Waals surface area contributed by atoms with E-state index in [1.165, 1.54) is 4.68 Å². The Morgan fingerprint density at radius 1 is 1.20 bits per heavy atom. The van der Waals surface area contributed by atoms with E-state index in [1.54, 1.807) is 38.1 Å². The van der Waals surface area contributed by atoms with E-state index in [4.69, 9.17) is 9.05 Å². The summed E-state index contributed by atoms with van der Waals surface area (Å²) in [6.07, 6.45) is 0. The molecular formula is C12H16N3O4P. The monoisotopic (exact) mass is 297 g/mol. The van der Waals surface area contributed by atoms with E-state index in [9.17, 15) is 9.36 Å². The van der Waals surface area contributed by atoms with Crippen LogP contribution in [0.5, 0.6) is 0 Å². The van der Waals surface area contributed by atoms with Crippen molar-refractivity contribution in [2.45, 2.75) is 13.8 Å². The van der Waals surface area contributed by atoms with Gasteiger partial charge >= 0.3 is 13.3 Å². The average molecular weight is 297 g/mol. The van der Waals surface area contributed by atoms with Gasteiger partial charge in [0.25, 0.3) is 0 Å². The molecule has 0 aliphatic rings. The molecule has 0 fully saturated rings. The van der Waals surface area contributed by atoms with Gasteiger partial charge in [-0.05, 0) is 26.0 Å². The molecule has 20 heavy (non-hydrogen) atoms. The summed E-state index contributed by atoms with van der Waals surface area (Å²) in [6.45, 7) is 3.77. The first-order valence-corrected chi connectivity index (χ1v) is 7.79. The molecule has 0 aliphatic carbocycles. The van der Waals surface area contributed by atoms with Gasteiger partial charge in [-0.3, -0.25) is 4.57 Å². The van der Waals surface area contributed by atoms with E-state index in [2.05, 4.69) is 10.1 Å². The van der Waals surface area contributed by atoms with Crippen molar-refractivity contribution >= 4 is 13.2 Å². The molecule has 0 spiro atoms. The molecule has 2 rings (SSSR count). The van der Waals surface area contributed by atoms with Gasteiger partial charge in [0.05, 0.1) is 18.9 Å². The minimum Gasteiger partial charge on any atom is -0.303 e. The molecule has 1 N–H and O–H groups in total. The first kappa shape index (κ1) is 14.7. The molecule has 0 atom stereocenters. The predicted octanol–water partition coefficient (Wildman–Crippen LogP) is 1.45.